The molecule has 1 aromatic carbocycles. The average molecular weight is 392 g/mol. The maximum Gasteiger partial charge on any atom is 0.242 e. The summed E-state index contributed by atoms with van der Waals surface area (Å²) < 4.78 is 0. The quantitative estimate of drug-likeness (QED) is 0.345. The van der Waals surface area contributed by atoms with E-state index in [1.165, 1.54) is 0 Å². The molecule has 148 valence electrons. The van der Waals surface area contributed by atoms with E-state index in [1.54, 1.807) is 0 Å². The molecule has 1 fully saturated rings. The number of rotatable bonds is 11. The Kier molecular flexibility index (Phi) is 9.18. The zero-order valence-corrected chi connectivity index (χ0v) is 16.5. The fourth-order valence-electron chi connectivity index (χ4n) is 3.15. The predicted octanol–water partition coefficient (Wildman–Crippen LogP) is 2.66. The molecule has 1 unspecified atom stereocenters. The Hall–Kier alpha value is -2.02. The molecule has 0 radical (unpaired) electrons. The summed E-state index contributed by atoms with van der Waals surface area (Å²) in [5.74, 6) is 0.451. The van der Waals surface area contributed by atoms with Gasteiger partial charge in [0, 0.05) is 24.6 Å². The largest absolute Gasteiger partial charge is 0.351 e. The van der Waals surface area contributed by atoms with Gasteiger partial charge in [0.25, 0.3) is 0 Å². The smallest absolute Gasteiger partial charge is 0.242 e. The predicted molar refractivity (Wildman–Crippen MR) is 110 cm³/mol. The van der Waals surface area contributed by atoms with Crippen molar-refractivity contribution in [3.8, 4) is 0 Å². The minimum absolute atomic E-state index is 0.0970. The first-order valence-corrected chi connectivity index (χ1v) is 10.3. The van der Waals surface area contributed by atoms with Crippen molar-refractivity contribution in [1.82, 2.24) is 10.6 Å². The van der Waals surface area contributed by atoms with Gasteiger partial charge in [0.05, 0.1) is 0 Å². The molecular formula is C20H29N3O3S. The van der Waals surface area contributed by atoms with Gasteiger partial charge in [-0.15, -0.1) is 0 Å². The lowest BCUT2D eigenvalue weighted by molar-refractivity contribution is -0.126. The first-order chi connectivity index (χ1) is 13.1. The summed E-state index contributed by atoms with van der Waals surface area (Å²) in [6, 6.07) is 8.54. The van der Waals surface area contributed by atoms with E-state index >= 15 is 0 Å². The van der Waals surface area contributed by atoms with Crippen LogP contribution in [0.3, 0.4) is 0 Å². The third-order valence-corrected chi connectivity index (χ3v) is 4.92. The van der Waals surface area contributed by atoms with Gasteiger partial charge in [0.1, 0.15) is 6.04 Å². The van der Waals surface area contributed by atoms with Gasteiger partial charge < -0.3 is 16.0 Å². The standard InChI is InChI=1S/C20H29N3O3S/c24-18-12-11-17(23-18)20(26)22-16(10-4-1-2-7-13-27)14-19(25)21-15-8-5-3-6-9-15/h3,5-6,8-9,16-17,27H,1-2,4,7,10-14H2,(H,21,25)(H,22,26)(H,23,24)/t16?,17-/m1/s1. The zero-order chi connectivity index (χ0) is 19.5. The summed E-state index contributed by atoms with van der Waals surface area (Å²) in [5, 5.41) is 8.50. The summed E-state index contributed by atoms with van der Waals surface area (Å²) in [6.07, 6.45) is 6.00. The van der Waals surface area contributed by atoms with Crippen LogP contribution in [0, 0.1) is 0 Å². The monoisotopic (exact) mass is 391 g/mol. The number of hydrogen-bond acceptors (Lipinski definition) is 4. The van der Waals surface area contributed by atoms with Crippen LogP contribution in [0.5, 0.6) is 0 Å². The molecule has 0 bridgehead atoms. The van der Waals surface area contributed by atoms with Gasteiger partial charge in [0.15, 0.2) is 0 Å². The zero-order valence-electron chi connectivity index (χ0n) is 15.6. The lowest BCUT2D eigenvalue weighted by Gasteiger charge is -2.21. The number of unbranched alkanes of at least 4 members (excludes halogenated alkanes) is 3. The Balaban J connectivity index is 1.86. The van der Waals surface area contributed by atoms with Gasteiger partial charge in [-0.3, -0.25) is 14.4 Å². The highest BCUT2D eigenvalue weighted by Crippen LogP contribution is 2.13. The Morgan fingerprint density at radius 2 is 1.89 bits per heavy atom. The van der Waals surface area contributed by atoms with Crippen LogP contribution in [0.2, 0.25) is 0 Å². The first kappa shape index (κ1) is 21.3. The molecule has 7 heteroatoms. The average Bonchev–Trinajstić information content (AvgIpc) is 3.08. The summed E-state index contributed by atoms with van der Waals surface area (Å²) in [7, 11) is 0. The van der Waals surface area contributed by atoms with E-state index in [0.29, 0.717) is 12.8 Å². The molecule has 2 rings (SSSR count). The minimum atomic E-state index is -0.485. The molecule has 3 N–H and O–H groups in total. The van der Waals surface area contributed by atoms with E-state index in [-0.39, 0.29) is 30.2 Å². The molecule has 0 aliphatic carbocycles. The second-order valence-electron chi connectivity index (χ2n) is 6.91. The number of benzene rings is 1. The number of amides is 3. The van der Waals surface area contributed by atoms with E-state index in [2.05, 4.69) is 28.6 Å². The summed E-state index contributed by atoms with van der Waals surface area (Å²) >= 11 is 4.21. The summed E-state index contributed by atoms with van der Waals surface area (Å²) in [6.45, 7) is 0. The maximum absolute atomic E-state index is 12.4. The Labute approximate surface area is 166 Å². The van der Waals surface area contributed by atoms with Gasteiger partial charge in [-0.2, -0.15) is 12.6 Å². The van der Waals surface area contributed by atoms with Crippen LogP contribution in [0.15, 0.2) is 30.3 Å². The van der Waals surface area contributed by atoms with Gasteiger partial charge in [-0.05, 0) is 37.1 Å². The van der Waals surface area contributed by atoms with Crippen LogP contribution in [0.25, 0.3) is 0 Å². The molecule has 2 atom stereocenters. The fourth-order valence-corrected chi connectivity index (χ4v) is 3.37. The van der Waals surface area contributed by atoms with Gasteiger partial charge in [0.2, 0.25) is 17.7 Å². The van der Waals surface area contributed by atoms with Crippen LogP contribution in [-0.4, -0.2) is 35.6 Å². The van der Waals surface area contributed by atoms with Crippen molar-refractivity contribution in [2.45, 2.75) is 63.5 Å². The fraction of sp³-hybridized carbons (Fsp3) is 0.550. The SMILES string of the molecule is O=C(CC(CCCCCCS)NC(=O)[C@H]1CCC(=O)N1)Nc1ccccc1. The molecule has 1 aliphatic heterocycles. The van der Waals surface area contributed by atoms with Crippen LogP contribution in [0.1, 0.15) is 51.4 Å². The Morgan fingerprint density at radius 3 is 2.56 bits per heavy atom. The first-order valence-electron chi connectivity index (χ1n) is 9.64. The van der Waals surface area contributed by atoms with E-state index in [0.717, 1.165) is 43.5 Å². The van der Waals surface area contributed by atoms with Crippen molar-refractivity contribution in [2.24, 2.45) is 0 Å². The number of carbonyl (C=O) groups excluding carboxylic acids is 3. The van der Waals surface area contributed by atoms with Crippen LogP contribution < -0.4 is 16.0 Å². The van der Waals surface area contributed by atoms with Crippen molar-refractivity contribution in [3.63, 3.8) is 0 Å². The number of anilines is 1. The molecule has 0 saturated carbocycles. The van der Waals surface area contributed by atoms with E-state index in [4.69, 9.17) is 0 Å². The number of carbonyl (C=O) groups is 3. The second kappa shape index (κ2) is 11.6. The molecule has 3 amide bonds. The molecule has 1 aliphatic rings. The van der Waals surface area contributed by atoms with Crippen molar-refractivity contribution >= 4 is 36.0 Å². The number of nitrogens with one attached hydrogen (secondary N) is 3. The molecule has 1 heterocycles. The maximum atomic E-state index is 12.4. The highest BCUT2D eigenvalue weighted by atomic mass is 32.1. The third-order valence-electron chi connectivity index (χ3n) is 4.61. The van der Waals surface area contributed by atoms with E-state index in [9.17, 15) is 14.4 Å². The van der Waals surface area contributed by atoms with Crippen LogP contribution >= 0.6 is 12.6 Å². The Morgan fingerprint density at radius 1 is 1.15 bits per heavy atom. The number of thiol groups is 1. The highest BCUT2D eigenvalue weighted by molar-refractivity contribution is 7.80. The van der Waals surface area contributed by atoms with Gasteiger partial charge in [-0.25, -0.2) is 0 Å². The topological polar surface area (TPSA) is 87.3 Å². The molecule has 6 nitrogen and oxygen atoms in total. The van der Waals surface area contributed by atoms with Crippen molar-refractivity contribution in [2.75, 3.05) is 11.1 Å². The molecule has 1 aromatic rings. The van der Waals surface area contributed by atoms with Crippen LogP contribution in [-0.2, 0) is 14.4 Å². The van der Waals surface area contributed by atoms with Gasteiger partial charge >= 0.3 is 0 Å². The highest BCUT2D eigenvalue weighted by Gasteiger charge is 2.29. The molecule has 0 aromatic heterocycles. The molecule has 0 spiro atoms. The molecule has 27 heavy (non-hydrogen) atoms. The Bertz CT molecular complexity index is 624. The summed E-state index contributed by atoms with van der Waals surface area (Å²) in [5.41, 5.74) is 0.740. The summed E-state index contributed by atoms with van der Waals surface area (Å²) in [4.78, 5) is 36.1. The van der Waals surface area contributed by atoms with E-state index < -0.39 is 6.04 Å². The lowest BCUT2D eigenvalue weighted by Crippen LogP contribution is -2.46. The normalized spacial score (nSPS) is 17.2. The number of para-hydroxylation sites is 1. The third kappa shape index (κ3) is 8.03. The van der Waals surface area contributed by atoms with Crippen molar-refractivity contribution in [1.29, 1.82) is 0 Å². The van der Waals surface area contributed by atoms with E-state index in [1.807, 2.05) is 30.3 Å². The number of hydrogen-bond donors (Lipinski definition) is 4. The minimum Gasteiger partial charge on any atom is -0.351 e. The van der Waals surface area contributed by atoms with Crippen LogP contribution in [0.4, 0.5) is 5.69 Å². The lowest BCUT2D eigenvalue weighted by atomic mass is 10.0. The van der Waals surface area contributed by atoms with Gasteiger partial charge in [-0.1, -0.05) is 37.5 Å². The van der Waals surface area contributed by atoms with Crippen molar-refractivity contribution in [3.05, 3.63) is 30.3 Å². The molecule has 1 saturated heterocycles. The van der Waals surface area contributed by atoms with Crippen molar-refractivity contribution < 1.29 is 14.4 Å². The second-order valence-corrected chi connectivity index (χ2v) is 7.36. The molecular weight excluding hydrogens is 362 g/mol.